The lowest BCUT2D eigenvalue weighted by Crippen LogP contribution is -2.25. The number of para-hydroxylation sites is 3. The number of furan rings is 1. The fourth-order valence-electron chi connectivity index (χ4n) is 10.4. The standard InChI is InChI=1S/C14H15NO.C13H13F3N2.C13H14O.C12H13N.2C11H20N2.C8H10ClN.C7H11NO/c1-11(2)12-8-9-14(15-10-12)16-13-6-4-3-5-7-13;1-9(2)11-8-17-18(12(11)13(14,15)16)10-6-4-3-5-7-10;1-10(2)12-8-9-13(14-12)11-6-4-3-5-7-11;1-9(2)11-8-7-10-5-3-4-6-12(10)13-11;1-8(2)9-7-10(11(3,4)5)12-13(9)6;1-8(2)10-7-9(3)12-13(10)11(4,5)6;1-6(2)7-4-3-5-10-8(7)9;1-5(2)7-4-6(3)9-8-7/h3-11H,1-2H3;3-9H,1-2H3;3-10H,1-2H3;3-9H,1-2H3;2*7-8H,1-6H3;3-6H,1-2H3;4-5H,1-3H3. The Bertz CT molecular complexity index is 4470. The van der Waals surface area contributed by atoms with Gasteiger partial charge in [-0.3, -0.25) is 14.3 Å². The maximum Gasteiger partial charge on any atom is 0.433 e. The third kappa shape index (κ3) is 27.8. The number of aromatic nitrogens is 10. The molecule has 0 fully saturated rings. The summed E-state index contributed by atoms with van der Waals surface area (Å²) >= 11 is 5.81. The van der Waals surface area contributed by atoms with Gasteiger partial charge in [0.2, 0.25) is 5.88 Å². The van der Waals surface area contributed by atoms with E-state index >= 15 is 0 Å². The predicted molar refractivity (Wildman–Crippen MR) is 432 cm³/mol. The number of fused-ring (bicyclic) bond motifs is 1. The van der Waals surface area contributed by atoms with Gasteiger partial charge in [-0.05, 0) is 154 Å². The molecule has 12 aromatic rings. The van der Waals surface area contributed by atoms with E-state index in [4.69, 9.17) is 25.3 Å². The van der Waals surface area contributed by atoms with Gasteiger partial charge in [0.15, 0.2) is 5.69 Å². The molecule has 0 N–H and O–H groups in total. The molecule has 8 aromatic heterocycles. The fourth-order valence-corrected chi connectivity index (χ4v) is 10.7. The van der Waals surface area contributed by atoms with Gasteiger partial charge in [-0.1, -0.05) is 251 Å². The number of benzene rings is 4. The molecule has 0 saturated heterocycles. The predicted octanol–water partition coefficient (Wildman–Crippen LogP) is 26.3. The van der Waals surface area contributed by atoms with Crippen LogP contribution < -0.4 is 4.74 Å². The Morgan fingerprint density at radius 1 is 0.509 bits per heavy atom. The van der Waals surface area contributed by atoms with Crippen LogP contribution in [0, 0.1) is 13.8 Å². The maximum absolute atomic E-state index is 13.1. The van der Waals surface area contributed by atoms with Gasteiger partial charge in [-0.25, -0.2) is 14.6 Å². The van der Waals surface area contributed by atoms with Crippen molar-refractivity contribution < 1.29 is 26.8 Å². The van der Waals surface area contributed by atoms with Crippen LogP contribution in [0.5, 0.6) is 11.6 Å². The second-order valence-corrected chi connectivity index (χ2v) is 31.0. The van der Waals surface area contributed by atoms with E-state index in [1.165, 1.54) is 39.9 Å². The molecule has 0 radical (unpaired) electrons. The molecule has 0 aliphatic heterocycles. The topological polar surface area (TPSA) is 141 Å². The van der Waals surface area contributed by atoms with Gasteiger partial charge < -0.3 is 13.7 Å². The number of hydrogen-bond donors (Lipinski definition) is 0. The summed E-state index contributed by atoms with van der Waals surface area (Å²) in [5.74, 6) is 7.59. The van der Waals surface area contributed by atoms with Gasteiger partial charge in [0, 0.05) is 76.5 Å². The van der Waals surface area contributed by atoms with E-state index in [2.05, 4.69) is 233 Å². The summed E-state index contributed by atoms with van der Waals surface area (Å²) in [5.41, 5.74) is 11.9. The van der Waals surface area contributed by atoms with Crippen molar-refractivity contribution in [1.82, 2.24) is 49.5 Å². The van der Waals surface area contributed by atoms with E-state index in [0.717, 1.165) is 55.7 Å². The molecule has 17 heteroatoms. The smallest absolute Gasteiger partial charge is 0.433 e. The Hall–Kier alpha value is -9.41. The molecular weight excluding hydrogens is 1350 g/mol. The monoisotopic (exact) mass is 1460 g/mol. The van der Waals surface area contributed by atoms with Crippen molar-refractivity contribution in [2.45, 2.75) is 231 Å². The number of rotatable bonds is 12. The van der Waals surface area contributed by atoms with Crippen molar-refractivity contribution in [3.8, 4) is 28.6 Å². The SMILES string of the molecule is CC(C)c1cc(C(C)(C)C)nn1C.CC(C)c1ccc(-c2ccccc2)o1.CC(C)c1ccc(Oc2ccccc2)nc1.CC(C)c1ccc2ccccc2n1.CC(C)c1cccnc1Cl.CC(C)c1cnn(-c2ccccc2)c1C(F)(F)F.Cc1cc(C(C)C)n(C(C)(C)C)n1.Cc1cc(C(C)C)no1. The molecule has 13 nitrogen and oxygen atoms in total. The molecule has 4 aromatic carbocycles. The highest BCUT2D eigenvalue weighted by Crippen LogP contribution is 2.37. The first-order chi connectivity index (χ1) is 49.8. The highest BCUT2D eigenvalue weighted by Gasteiger charge is 2.39. The fraction of sp³-hybridized carbons (Fsp3) is 0.404. The van der Waals surface area contributed by atoms with Crippen LogP contribution >= 0.6 is 11.6 Å². The Labute approximate surface area is 635 Å². The number of aryl methyl sites for hydroxylation is 3. The van der Waals surface area contributed by atoms with E-state index in [-0.39, 0.29) is 22.4 Å². The van der Waals surface area contributed by atoms with Gasteiger partial charge in [0.1, 0.15) is 28.2 Å². The van der Waals surface area contributed by atoms with E-state index in [1.807, 2.05) is 129 Å². The van der Waals surface area contributed by atoms with Crippen LogP contribution in [0.2, 0.25) is 5.15 Å². The Morgan fingerprint density at radius 3 is 1.54 bits per heavy atom. The number of nitrogens with zero attached hydrogens (tertiary/aromatic N) is 10. The highest BCUT2D eigenvalue weighted by atomic mass is 35.5. The van der Waals surface area contributed by atoms with E-state index in [9.17, 15) is 13.2 Å². The summed E-state index contributed by atoms with van der Waals surface area (Å²) in [4.78, 5) is 12.8. The lowest BCUT2D eigenvalue weighted by Gasteiger charge is -2.23. The number of pyridine rings is 3. The van der Waals surface area contributed by atoms with Crippen molar-refractivity contribution in [3.05, 3.63) is 274 Å². The van der Waals surface area contributed by atoms with Gasteiger partial charge in [-0.15, -0.1) is 0 Å². The quantitative estimate of drug-likeness (QED) is 0.109. The van der Waals surface area contributed by atoms with Crippen LogP contribution in [-0.4, -0.2) is 49.5 Å². The summed E-state index contributed by atoms with van der Waals surface area (Å²) in [6.45, 7) is 50.6. The van der Waals surface area contributed by atoms with Crippen molar-refractivity contribution in [3.63, 3.8) is 0 Å². The first-order valence-corrected chi connectivity index (χ1v) is 37.2. The van der Waals surface area contributed by atoms with E-state index in [1.54, 1.807) is 50.4 Å². The van der Waals surface area contributed by atoms with Crippen molar-refractivity contribution in [2.24, 2.45) is 7.05 Å². The zero-order valence-corrected chi connectivity index (χ0v) is 68.1. The number of hydrogen-bond acceptors (Lipinski definition) is 10. The Balaban J connectivity index is 0.000000219. The lowest BCUT2D eigenvalue weighted by molar-refractivity contribution is -0.143. The van der Waals surface area contributed by atoms with Crippen molar-refractivity contribution in [1.29, 1.82) is 0 Å². The number of halogens is 4. The van der Waals surface area contributed by atoms with Crippen molar-refractivity contribution >= 4 is 22.5 Å². The average molecular weight is 1470 g/mol. The van der Waals surface area contributed by atoms with Crippen molar-refractivity contribution in [2.75, 3.05) is 0 Å². The van der Waals surface area contributed by atoms with Gasteiger partial charge in [-0.2, -0.15) is 28.5 Å². The molecule has 0 saturated carbocycles. The Kier molecular flexibility index (Phi) is 33.7. The molecule has 0 aliphatic carbocycles. The molecule has 0 bridgehead atoms. The lowest BCUT2D eigenvalue weighted by atomic mass is 9.92. The zero-order chi connectivity index (χ0) is 78.8. The van der Waals surface area contributed by atoms with Gasteiger partial charge in [0.05, 0.1) is 40.0 Å². The second kappa shape index (κ2) is 40.9. The largest absolute Gasteiger partial charge is 0.461 e. The molecule has 12 rings (SSSR count). The van der Waals surface area contributed by atoms with Crippen LogP contribution in [0.15, 0.2) is 210 Å². The summed E-state index contributed by atoms with van der Waals surface area (Å²) in [7, 11) is 2.02. The van der Waals surface area contributed by atoms with Gasteiger partial charge >= 0.3 is 6.18 Å². The molecule has 0 spiro atoms. The molecule has 0 unspecified atom stereocenters. The third-order valence-corrected chi connectivity index (χ3v) is 16.9. The number of alkyl halides is 3. The van der Waals surface area contributed by atoms with E-state index < -0.39 is 11.9 Å². The molecular formula is C89H116ClF3N10O3. The second-order valence-electron chi connectivity index (χ2n) is 30.6. The molecule has 8 heterocycles. The summed E-state index contributed by atoms with van der Waals surface area (Å²) in [5, 5.41) is 18.6. The van der Waals surface area contributed by atoms with Crippen LogP contribution in [0.3, 0.4) is 0 Å². The zero-order valence-electron chi connectivity index (χ0n) is 67.4. The summed E-state index contributed by atoms with van der Waals surface area (Å²) < 4.78 is 60.7. The highest BCUT2D eigenvalue weighted by molar-refractivity contribution is 6.30. The number of ether oxygens (including phenoxy) is 1. The van der Waals surface area contributed by atoms with Gasteiger partial charge in [0.25, 0.3) is 0 Å². The molecule has 568 valence electrons. The first kappa shape index (κ1) is 87.2. The normalized spacial score (nSPS) is 11.4. The van der Waals surface area contributed by atoms with Crippen LogP contribution in [0.1, 0.15) is 268 Å². The van der Waals surface area contributed by atoms with Crippen LogP contribution in [-0.2, 0) is 24.2 Å². The minimum absolute atomic E-state index is 0.0911. The maximum atomic E-state index is 13.1. The average Bonchev–Trinajstić information content (AvgIpc) is 1.60. The van der Waals surface area contributed by atoms with Crippen LogP contribution in [0.4, 0.5) is 13.2 Å². The van der Waals surface area contributed by atoms with E-state index in [0.29, 0.717) is 58.1 Å². The molecule has 0 aliphatic rings. The molecule has 106 heavy (non-hydrogen) atoms. The minimum atomic E-state index is -4.41. The molecule has 0 atom stereocenters. The van der Waals surface area contributed by atoms with Crippen LogP contribution in [0.25, 0.3) is 27.9 Å². The third-order valence-electron chi connectivity index (χ3n) is 16.6. The molecule has 0 amide bonds. The summed E-state index contributed by atoms with van der Waals surface area (Å²) in [6.07, 6.45) is 0.448. The minimum Gasteiger partial charge on any atom is -0.461 e. The Morgan fingerprint density at radius 2 is 1.09 bits per heavy atom. The first-order valence-electron chi connectivity index (χ1n) is 36.8. The summed E-state index contributed by atoms with van der Waals surface area (Å²) in [6, 6.07) is 58.9.